The van der Waals surface area contributed by atoms with E-state index in [1.165, 1.54) is 5.56 Å². The molecule has 0 unspecified atom stereocenters. The Morgan fingerprint density at radius 3 is 2.14 bits per heavy atom. The third-order valence-corrected chi connectivity index (χ3v) is 1.91. The van der Waals surface area contributed by atoms with Gasteiger partial charge in [-0.05, 0) is 12.0 Å². The summed E-state index contributed by atoms with van der Waals surface area (Å²) in [5.41, 5.74) is 2.03. The Balaban J connectivity index is 0. The first-order valence-electron chi connectivity index (χ1n) is 4.19. The number of carbonyl (C=O) groups is 1. The van der Waals surface area contributed by atoms with Crippen LogP contribution in [-0.4, -0.2) is 14.2 Å². The zero-order valence-electron chi connectivity index (χ0n) is 8.32. The molecule has 0 spiro atoms. The van der Waals surface area contributed by atoms with Crippen molar-refractivity contribution in [2.45, 2.75) is 19.8 Å². The standard InChI is InChI=1S/C11H13O.B.W/c1-3-9-5-7-10(8-6-9)11(12)4-2;;/h5-8H,2-4H2,1H3;;/q-1;;. The maximum atomic E-state index is 11.2. The van der Waals surface area contributed by atoms with E-state index in [0.717, 1.165) is 12.0 Å². The van der Waals surface area contributed by atoms with Crippen LogP contribution in [0.3, 0.4) is 0 Å². The summed E-state index contributed by atoms with van der Waals surface area (Å²) in [5.74, 6) is 0.109. The van der Waals surface area contributed by atoms with Crippen molar-refractivity contribution in [1.29, 1.82) is 0 Å². The number of hydrogen-bond donors (Lipinski definition) is 0. The third kappa shape index (κ3) is 4.24. The van der Waals surface area contributed by atoms with E-state index in [2.05, 4.69) is 13.8 Å². The van der Waals surface area contributed by atoms with Gasteiger partial charge in [0.1, 0.15) is 5.78 Å². The fourth-order valence-electron chi connectivity index (χ4n) is 1.07. The number of ketones is 1. The van der Waals surface area contributed by atoms with Gasteiger partial charge in [0, 0.05) is 35.0 Å². The molecule has 0 aliphatic carbocycles. The Morgan fingerprint density at radius 1 is 1.29 bits per heavy atom. The van der Waals surface area contributed by atoms with Crippen LogP contribution >= 0.6 is 0 Å². The molecule has 0 N–H and O–H groups in total. The van der Waals surface area contributed by atoms with Gasteiger partial charge in [-0.15, -0.1) is 6.42 Å². The van der Waals surface area contributed by atoms with Crippen molar-refractivity contribution in [3.8, 4) is 0 Å². The largest absolute Gasteiger partial charge is 0.336 e. The van der Waals surface area contributed by atoms with Gasteiger partial charge in [0.15, 0.2) is 0 Å². The first-order valence-corrected chi connectivity index (χ1v) is 4.19. The van der Waals surface area contributed by atoms with Crippen molar-refractivity contribution < 1.29 is 25.9 Å². The maximum Gasteiger partial charge on any atom is 0.133 e. The fourth-order valence-corrected chi connectivity index (χ4v) is 1.07. The average Bonchev–Trinajstić information content (AvgIpc) is 2.17. The van der Waals surface area contributed by atoms with Crippen LogP contribution in [0.2, 0.25) is 0 Å². The van der Waals surface area contributed by atoms with Crippen molar-refractivity contribution in [1.82, 2.24) is 0 Å². The second-order valence-corrected chi connectivity index (χ2v) is 2.72. The number of carbonyl (C=O) groups excluding carboxylic acids is 1. The summed E-state index contributed by atoms with van der Waals surface area (Å²) in [7, 11) is 0. The predicted molar refractivity (Wildman–Crippen MR) is 55.9 cm³/mol. The normalized spacial score (nSPS) is 8.43. The summed E-state index contributed by atoms with van der Waals surface area (Å²) in [4.78, 5) is 11.2. The van der Waals surface area contributed by atoms with Crippen LogP contribution < -0.4 is 0 Å². The van der Waals surface area contributed by atoms with Gasteiger partial charge in [0.2, 0.25) is 0 Å². The molecule has 0 saturated carbocycles. The van der Waals surface area contributed by atoms with Crippen LogP contribution in [0.25, 0.3) is 0 Å². The van der Waals surface area contributed by atoms with E-state index in [1.807, 2.05) is 24.3 Å². The summed E-state index contributed by atoms with van der Waals surface area (Å²) in [6.45, 7) is 5.65. The van der Waals surface area contributed by atoms with E-state index >= 15 is 0 Å². The molecule has 73 valence electrons. The molecule has 0 heterocycles. The molecule has 3 radical (unpaired) electrons. The smallest absolute Gasteiger partial charge is 0.133 e. The molecule has 0 atom stereocenters. The van der Waals surface area contributed by atoms with Crippen molar-refractivity contribution in [2.24, 2.45) is 0 Å². The summed E-state index contributed by atoms with van der Waals surface area (Å²) < 4.78 is 0. The SMILES string of the molecule is [B].[CH2-]CC(=O)c1ccc(CC)cc1.[W]. The topological polar surface area (TPSA) is 17.1 Å². The molecule has 0 aromatic heterocycles. The number of rotatable bonds is 3. The van der Waals surface area contributed by atoms with Crippen molar-refractivity contribution in [3.05, 3.63) is 42.3 Å². The van der Waals surface area contributed by atoms with Crippen LogP contribution in [-0.2, 0) is 27.5 Å². The second kappa shape index (κ2) is 7.99. The summed E-state index contributed by atoms with van der Waals surface area (Å²) in [6, 6.07) is 7.71. The molecule has 0 aliphatic heterocycles. The minimum atomic E-state index is 0. The Hall–Kier alpha value is -0.357. The molecule has 1 rings (SSSR count). The first kappa shape index (κ1) is 16.1. The Bertz CT molecular complexity index is 269. The van der Waals surface area contributed by atoms with Crippen LogP contribution in [0.4, 0.5) is 0 Å². The molecule has 0 fully saturated rings. The van der Waals surface area contributed by atoms with Crippen LogP contribution in [0.5, 0.6) is 0 Å². The van der Waals surface area contributed by atoms with Crippen molar-refractivity contribution in [2.75, 3.05) is 0 Å². The molecule has 3 heteroatoms. The Morgan fingerprint density at radius 2 is 1.79 bits per heavy atom. The fraction of sp³-hybridized carbons (Fsp3) is 0.273. The number of hydrogen-bond acceptors (Lipinski definition) is 1. The van der Waals surface area contributed by atoms with Gasteiger partial charge >= 0.3 is 0 Å². The molecule has 1 aromatic carbocycles. The number of Topliss-reactive ketones (excluding diaryl/α,β-unsaturated/α-hetero) is 1. The summed E-state index contributed by atoms with van der Waals surface area (Å²) in [5, 5.41) is 0. The third-order valence-electron chi connectivity index (χ3n) is 1.91. The number of aryl methyl sites for hydroxylation is 1. The minimum absolute atomic E-state index is 0. The first-order chi connectivity index (χ1) is 5.77. The molecule has 0 saturated heterocycles. The Kier molecular flexibility index (Phi) is 9.19. The van der Waals surface area contributed by atoms with Crippen molar-refractivity contribution in [3.63, 3.8) is 0 Å². The average molecular weight is 356 g/mol. The molecule has 14 heavy (non-hydrogen) atoms. The van der Waals surface area contributed by atoms with E-state index in [9.17, 15) is 4.79 Å². The van der Waals surface area contributed by atoms with Gasteiger partial charge in [-0.3, -0.25) is 4.79 Å². The van der Waals surface area contributed by atoms with Gasteiger partial charge in [-0.1, -0.05) is 31.2 Å². The molecular formula is C11H13BOW-. The molecule has 0 amide bonds. The van der Waals surface area contributed by atoms with E-state index in [4.69, 9.17) is 0 Å². The molecular weight excluding hydrogens is 343 g/mol. The van der Waals surface area contributed by atoms with E-state index < -0.39 is 0 Å². The van der Waals surface area contributed by atoms with Gasteiger partial charge in [-0.2, -0.15) is 0 Å². The monoisotopic (exact) mass is 356 g/mol. The predicted octanol–water partition coefficient (Wildman–Crippen LogP) is 2.27. The summed E-state index contributed by atoms with van der Waals surface area (Å²) in [6.07, 6.45) is 1.35. The maximum absolute atomic E-state index is 11.2. The second-order valence-electron chi connectivity index (χ2n) is 2.72. The molecule has 1 nitrogen and oxygen atoms in total. The molecule has 0 bridgehead atoms. The van der Waals surface area contributed by atoms with Crippen molar-refractivity contribution >= 4 is 14.2 Å². The van der Waals surface area contributed by atoms with Crippen LogP contribution in [0, 0.1) is 6.92 Å². The minimum Gasteiger partial charge on any atom is -0.336 e. The van der Waals surface area contributed by atoms with Gasteiger partial charge in [0.05, 0.1) is 0 Å². The van der Waals surface area contributed by atoms with Crippen LogP contribution in [0.15, 0.2) is 24.3 Å². The van der Waals surface area contributed by atoms with E-state index in [-0.39, 0.29) is 35.3 Å². The zero-order valence-corrected chi connectivity index (χ0v) is 11.3. The van der Waals surface area contributed by atoms with Crippen LogP contribution in [0.1, 0.15) is 29.3 Å². The number of benzene rings is 1. The van der Waals surface area contributed by atoms with Gasteiger partial charge < -0.3 is 6.92 Å². The Labute approximate surface area is 102 Å². The van der Waals surface area contributed by atoms with E-state index in [0.29, 0.717) is 6.42 Å². The summed E-state index contributed by atoms with van der Waals surface area (Å²) >= 11 is 0. The molecule has 1 aromatic rings. The zero-order chi connectivity index (χ0) is 8.97. The van der Waals surface area contributed by atoms with Gasteiger partial charge in [0.25, 0.3) is 0 Å². The quantitative estimate of drug-likeness (QED) is 0.462. The molecule has 0 aliphatic rings. The van der Waals surface area contributed by atoms with E-state index in [1.54, 1.807) is 0 Å². The van der Waals surface area contributed by atoms with Gasteiger partial charge in [-0.25, -0.2) is 0 Å².